The number of carbonyl (C=O) groups excluding carboxylic acids is 3. The van der Waals surface area contributed by atoms with Gasteiger partial charge in [-0.2, -0.15) is 0 Å². The van der Waals surface area contributed by atoms with Crippen LogP contribution in [0, 0.1) is 25.7 Å². The minimum atomic E-state index is -1.31. The van der Waals surface area contributed by atoms with Crippen LogP contribution in [-0.4, -0.2) is 74.9 Å². The number of hydrogen-bond donors (Lipinski definition) is 1. The van der Waals surface area contributed by atoms with E-state index in [0.717, 1.165) is 22.4 Å². The van der Waals surface area contributed by atoms with Gasteiger partial charge in [-0.3, -0.25) is 14.4 Å². The number of aryl methyl sites for hydroxylation is 2. The zero-order valence-corrected chi connectivity index (χ0v) is 29.0. The second-order valence-corrected chi connectivity index (χ2v) is 14.2. The Morgan fingerprint density at radius 1 is 0.979 bits per heavy atom. The standard InChI is InChI=1S/C39H42BrN3O5/c1-5-20-41(23-27-16-9-7-10-17-27)36(45)31-32-37(46)43(30(24-44)28-18-11-8-12-19-28)35(39(32)22-29(40)34(31)48-39)38(47)42(21-6-2)33-25(3)14-13-15-26(33)4/h5-19,29-32,34-35,44H,1-2,20-24H2,3-4H3/t29?,30-,31-,32+,34-,35?,39?/m1/s1. The molecule has 3 unspecified atom stereocenters. The second-order valence-electron chi connectivity index (χ2n) is 13.0. The highest BCUT2D eigenvalue weighted by molar-refractivity contribution is 9.09. The highest BCUT2D eigenvalue weighted by Gasteiger charge is 2.77. The molecule has 3 amide bonds. The summed E-state index contributed by atoms with van der Waals surface area (Å²) in [6.45, 7) is 12.2. The molecule has 250 valence electrons. The molecule has 48 heavy (non-hydrogen) atoms. The van der Waals surface area contributed by atoms with E-state index in [1.165, 1.54) is 4.90 Å². The number of amides is 3. The summed E-state index contributed by atoms with van der Waals surface area (Å²) < 4.78 is 6.86. The molecule has 0 aromatic heterocycles. The molecule has 3 aliphatic rings. The van der Waals surface area contributed by atoms with Crippen LogP contribution in [0.3, 0.4) is 0 Å². The number of aliphatic hydroxyl groups is 1. The number of anilines is 1. The Bertz CT molecular complexity index is 1680. The number of nitrogens with zero attached hydrogens (tertiary/aromatic N) is 3. The quantitative estimate of drug-likeness (QED) is 0.198. The van der Waals surface area contributed by atoms with Gasteiger partial charge in [0.1, 0.15) is 11.6 Å². The van der Waals surface area contributed by atoms with Crippen molar-refractivity contribution in [3.8, 4) is 0 Å². The van der Waals surface area contributed by atoms with Crippen molar-refractivity contribution in [3.05, 3.63) is 126 Å². The average Bonchev–Trinajstić information content (AvgIpc) is 3.68. The molecule has 1 spiro atoms. The molecule has 9 heteroatoms. The van der Waals surface area contributed by atoms with E-state index in [4.69, 9.17) is 4.74 Å². The van der Waals surface area contributed by atoms with Crippen LogP contribution in [0.2, 0.25) is 0 Å². The molecule has 6 rings (SSSR count). The summed E-state index contributed by atoms with van der Waals surface area (Å²) in [6.07, 6.45) is 3.08. The second kappa shape index (κ2) is 13.8. The maximum Gasteiger partial charge on any atom is 0.253 e. The molecule has 3 aliphatic heterocycles. The maximum atomic E-state index is 15.2. The molecule has 3 fully saturated rings. The van der Waals surface area contributed by atoms with Crippen LogP contribution in [0.15, 0.2) is 104 Å². The lowest BCUT2D eigenvalue weighted by atomic mass is 9.70. The van der Waals surface area contributed by atoms with Gasteiger partial charge in [0.25, 0.3) is 5.91 Å². The van der Waals surface area contributed by atoms with Gasteiger partial charge in [-0.05, 0) is 42.5 Å². The van der Waals surface area contributed by atoms with E-state index >= 15 is 9.59 Å². The molecule has 0 radical (unpaired) electrons. The SMILES string of the molecule is C=CCN(Cc1ccccc1)C(=O)[C@H]1[C@@H]2OC3(CC2Br)C(C(=O)N(CC=C)c2c(C)cccc2C)N([C@H](CO)c2ccccc2)C(=O)[C@H]13. The minimum Gasteiger partial charge on any atom is -0.394 e. The van der Waals surface area contributed by atoms with Crippen molar-refractivity contribution in [2.75, 3.05) is 24.6 Å². The third-order valence-corrected chi connectivity index (χ3v) is 10.9. The number of ether oxygens (including phenoxy) is 1. The first-order valence-corrected chi connectivity index (χ1v) is 17.3. The highest BCUT2D eigenvalue weighted by atomic mass is 79.9. The topological polar surface area (TPSA) is 90.4 Å². The summed E-state index contributed by atoms with van der Waals surface area (Å²) in [4.78, 5) is 49.5. The largest absolute Gasteiger partial charge is 0.394 e. The van der Waals surface area contributed by atoms with Crippen LogP contribution in [0.1, 0.15) is 34.7 Å². The lowest BCUT2D eigenvalue weighted by Gasteiger charge is -2.40. The van der Waals surface area contributed by atoms with E-state index < -0.39 is 42.2 Å². The van der Waals surface area contributed by atoms with Crippen molar-refractivity contribution >= 4 is 39.3 Å². The number of halogens is 1. The number of benzene rings is 3. The number of para-hydroxylation sites is 1. The first kappa shape index (κ1) is 33.8. The zero-order chi connectivity index (χ0) is 34.2. The van der Waals surface area contributed by atoms with Crippen LogP contribution in [0.25, 0.3) is 0 Å². The molecule has 8 nitrogen and oxygen atoms in total. The lowest BCUT2D eigenvalue weighted by Crippen LogP contribution is -2.58. The maximum absolute atomic E-state index is 15.2. The summed E-state index contributed by atoms with van der Waals surface area (Å²) in [7, 11) is 0. The lowest BCUT2D eigenvalue weighted by molar-refractivity contribution is -0.147. The number of alkyl halides is 1. The summed E-state index contributed by atoms with van der Waals surface area (Å²) in [5.41, 5.74) is 2.88. The van der Waals surface area contributed by atoms with Gasteiger partial charge in [0.05, 0.1) is 30.6 Å². The summed E-state index contributed by atoms with van der Waals surface area (Å²) in [6, 6.07) is 22.8. The van der Waals surface area contributed by atoms with E-state index in [1.807, 2.05) is 92.7 Å². The molecule has 7 atom stereocenters. The van der Waals surface area contributed by atoms with Crippen LogP contribution in [0.5, 0.6) is 0 Å². The number of carbonyl (C=O) groups is 3. The molecule has 3 heterocycles. The van der Waals surface area contributed by atoms with Crippen LogP contribution >= 0.6 is 15.9 Å². The smallest absolute Gasteiger partial charge is 0.253 e. The molecule has 3 saturated heterocycles. The van der Waals surface area contributed by atoms with Crippen molar-refractivity contribution in [1.29, 1.82) is 0 Å². The Hall–Kier alpha value is -4.05. The van der Waals surface area contributed by atoms with Gasteiger partial charge in [0.2, 0.25) is 11.8 Å². The van der Waals surface area contributed by atoms with Gasteiger partial charge < -0.3 is 24.5 Å². The van der Waals surface area contributed by atoms with E-state index in [2.05, 4.69) is 29.1 Å². The van der Waals surface area contributed by atoms with Crippen molar-refractivity contribution in [2.24, 2.45) is 11.8 Å². The Kier molecular flexibility index (Phi) is 9.74. The minimum absolute atomic E-state index is 0.201. The Balaban J connectivity index is 1.49. The normalized spacial score (nSPS) is 26.2. The van der Waals surface area contributed by atoms with Gasteiger partial charge in [0, 0.05) is 30.1 Å². The van der Waals surface area contributed by atoms with E-state index in [1.54, 1.807) is 22.0 Å². The molecule has 0 aliphatic carbocycles. The fourth-order valence-corrected chi connectivity index (χ4v) is 9.14. The third-order valence-electron chi connectivity index (χ3n) is 10.1. The van der Waals surface area contributed by atoms with E-state index in [9.17, 15) is 9.90 Å². The van der Waals surface area contributed by atoms with Gasteiger partial charge in [0.15, 0.2) is 0 Å². The molecule has 3 aromatic carbocycles. The molecular weight excluding hydrogens is 670 g/mol. The first-order valence-electron chi connectivity index (χ1n) is 16.4. The number of aliphatic hydroxyl groups excluding tert-OH is 1. The number of fused-ring (bicyclic) bond motifs is 1. The van der Waals surface area contributed by atoms with E-state index in [0.29, 0.717) is 18.5 Å². The fraction of sp³-hybridized carbons (Fsp3) is 0.359. The summed E-state index contributed by atoms with van der Waals surface area (Å²) >= 11 is 3.81. The van der Waals surface area contributed by atoms with Gasteiger partial charge >= 0.3 is 0 Å². The van der Waals surface area contributed by atoms with Crippen molar-refractivity contribution in [3.63, 3.8) is 0 Å². The number of likely N-dealkylation sites (tertiary alicyclic amines) is 1. The Labute approximate surface area is 290 Å². The predicted octanol–water partition coefficient (Wildman–Crippen LogP) is 5.52. The third kappa shape index (κ3) is 5.61. The molecule has 3 aromatic rings. The summed E-state index contributed by atoms with van der Waals surface area (Å²) in [5, 5.41) is 10.9. The van der Waals surface area contributed by atoms with Crippen molar-refractivity contribution in [1.82, 2.24) is 9.80 Å². The zero-order valence-electron chi connectivity index (χ0n) is 27.4. The summed E-state index contributed by atoms with van der Waals surface area (Å²) in [5.74, 6) is -2.70. The highest BCUT2D eigenvalue weighted by Crippen LogP contribution is 2.61. The monoisotopic (exact) mass is 711 g/mol. The van der Waals surface area contributed by atoms with Gasteiger partial charge in [-0.25, -0.2) is 0 Å². The predicted molar refractivity (Wildman–Crippen MR) is 189 cm³/mol. The van der Waals surface area contributed by atoms with Crippen LogP contribution in [0.4, 0.5) is 5.69 Å². The number of rotatable bonds is 12. The Morgan fingerprint density at radius 2 is 1.60 bits per heavy atom. The van der Waals surface area contributed by atoms with Crippen LogP contribution in [-0.2, 0) is 25.7 Å². The van der Waals surface area contributed by atoms with Crippen molar-refractivity contribution in [2.45, 2.75) is 55.4 Å². The molecule has 2 bridgehead atoms. The van der Waals surface area contributed by atoms with Crippen LogP contribution < -0.4 is 4.90 Å². The van der Waals surface area contributed by atoms with Gasteiger partial charge in [-0.15, -0.1) is 13.2 Å². The fourth-order valence-electron chi connectivity index (χ4n) is 8.20. The molecule has 0 saturated carbocycles. The van der Waals surface area contributed by atoms with E-state index in [-0.39, 0.29) is 35.6 Å². The number of hydrogen-bond acceptors (Lipinski definition) is 5. The average molecular weight is 713 g/mol. The van der Waals surface area contributed by atoms with Gasteiger partial charge in [-0.1, -0.05) is 107 Å². The van der Waals surface area contributed by atoms with Crippen molar-refractivity contribution < 1.29 is 24.2 Å². The molecule has 1 N–H and O–H groups in total. The first-order chi connectivity index (χ1) is 23.2. The molecular formula is C39H42BrN3O5. The Morgan fingerprint density at radius 3 is 2.21 bits per heavy atom.